The monoisotopic (exact) mass is 560 g/mol. The van der Waals surface area contributed by atoms with Crippen LogP contribution in [0.2, 0.25) is 0 Å². The number of anilines is 2. The van der Waals surface area contributed by atoms with E-state index in [0.29, 0.717) is 41.5 Å². The van der Waals surface area contributed by atoms with Gasteiger partial charge in [-0.3, -0.25) is 19.2 Å². The maximum atomic E-state index is 13.2. The van der Waals surface area contributed by atoms with Crippen molar-refractivity contribution >= 4 is 34.9 Å². The van der Waals surface area contributed by atoms with Crippen molar-refractivity contribution in [2.45, 2.75) is 77.6 Å². The Kier molecular flexibility index (Phi) is 9.06. The van der Waals surface area contributed by atoms with E-state index in [1.54, 1.807) is 24.3 Å². The predicted octanol–water partition coefficient (Wildman–Crippen LogP) is 6.73. The number of aryl methyl sites for hydroxylation is 1. The van der Waals surface area contributed by atoms with E-state index in [2.05, 4.69) is 10.6 Å². The maximum absolute atomic E-state index is 13.2. The second-order valence-corrected chi connectivity index (χ2v) is 11.9. The molecule has 8 nitrogen and oxygen atoms in total. The van der Waals surface area contributed by atoms with Gasteiger partial charge < -0.3 is 20.5 Å². The van der Waals surface area contributed by atoms with Crippen LogP contribution in [0.15, 0.2) is 42.5 Å². The Morgan fingerprint density at radius 1 is 0.683 bits per heavy atom. The smallest absolute Gasteiger partial charge is 0.307 e. The van der Waals surface area contributed by atoms with Crippen LogP contribution in [0.5, 0.6) is 11.5 Å². The molecule has 41 heavy (non-hydrogen) atoms. The summed E-state index contributed by atoms with van der Waals surface area (Å²) >= 11 is 0. The zero-order valence-corrected chi connectivity index (χ0v) is 23.7. The van der Waals surface area contributed by atoms with Crippen molar-refractivity contribution in [2.75, 3.05) is 10.6 Å². The molecular weight excluding hydrogens is 520 g/mol. The molecule has 2 aromatic rings. The minimum absolute atomic E-state index is 0.0732. The lowest BCUT2D eigenvalue weighted by Gasteiger charge is -2.34. The van der Waals surface area contributed by atoms with Crippen LogP contribution < -0.4 is 15.4 Å². The fourth-order valence-corrected chi connectivity index (χ4v) is 6.57. The first-order valence-electron chi connectivity index (χ1n) is 15.1. The molecule has 0 bridgehead atoms. The standard InChI is InChI=1S/C33H40N2O6/c1-20-19-23(35-31(37)26-10-3-2-9-25(26)30(36)21-7-6-8-21)15-18-29(20)41-24-16-13-22(14-17-24)34-32(38)27-11-4-5-12-28(27)33(39)40/h13-19,21,25-28H,2-12H2,1H3,(H,34,38)(H,35,37)(H,39,40). The summed E-state index contributed by atoms with van der Waals surface area (Å²) in [6.45, 7) is 1.91. The topological polar surface area (TPSA) is 122 Å². The molecule has 2 aromatic carbocycles. The van der Waals surface area contributed by atoms with E-state index in [0.717, 1.165) is 63.4 Å². The second kappa shape index (κ2) is 12.9. The molecule has 2 amide bonds. The lowest BCUT2D eigenvalue weighted by Crippen LogP contribution is -2.40. The SMILES string of the molecule is Cc1cc(NC(=O)C2CCCCC2C(=O)C2CCC2)ccc1Oc1ccc(NC(=O)C2CCCCC2C(=O)O)cc1. The normalized spacial score (nSPS) is 24.5. The summed E-state index contributed by atoms with van der Waals surface area (Å²) in [7, 11) is 0. The van der Waals surface area contributed by atoms with Gasteiger partial charge in [-0.1, -0.05) is 32.1 Å². The molecule has 3 N–H and O–H groups in total. The number of Topliss-reactive ketones (excluding diaryl/α,β-unsaturated/α-hetero) is 1. The minimum atomic E-state index is -0.910. The third-order valence-electron chi connectivity index (χ3n) is 9.19. The number of hydrogen-bond acceptors (Lipinski definition) is 5. The van der Waals surface area contributed by atoms with E-state index < -0.39 is 17.8 Å². The minimum Gasteiger partial charge on any atom is -0.481 e. The maximum Gasteiger partial charge on any atom is 0.307 e. The van der Waals surface area contributed by atoms with E-state index >= 15 is 0 Å². The van der Waals surface area contributed by atoms with Gasteiger partial charge in [-0.05, 0) is 93.5 Å². The number of ether oxygens (including phenoxy) is 1. The number of benzene rings is 2. The number of ketones is 1. The molecule has 0 radical (unpaired) electrons. The Morgan fingerprint density at radius 3 is 1.78 bits per heavy atom. The molecule has 5 rings (SSSR count). The number of hydrogen-bond donors (Lipinski definition) is 3. The number of amides is 2. The molecule has 8 heteroatoms. The molecule has 0 aliphatic heterocycles. The van der Waals surface area contributed by atoms with Gasteiger partial charge in [0.2, 0.25) is 11.8 Å². The number of carboxylic acids is 1. The average Bonchev–Trinajstić information content (AvgIpc) is 2.94. The first-order chi connectivity index (χ1) is 19.8. The van der Waals surface area contributed by atoms with Crippen molar-refractivity contribution in [1.29, 1.82) is 0 Å². The van der Waals surface area contributed by atoms with E-state index in [1.807, 2.05) is 25.1 Å². The predicted molar refractivity (Wildman–Crippen MR) is 156 cm³/mol. The Bertz CT molecular complexity index is 1290. The van der Waals surface area contributed by atoms with Gasteiger partial charge in [0.05, 0.1) is 11.8 Å². The number of carboxylic acid groups (broad SMARTS) is 1. The van der Waals surface area contributed by atoms with Crippen LogP contribution in [0.1, 0.15) is 76.2 Å². The quantitative estimate of drug-likeness (QED) is 0.313. The molecule has 4 atom stereocenters. The fraction of sp³-hybridized carbons (Fsp3) is 0.515. The van der Waals surface area contributed by atoms with E-state index in [-0.39, 0.29) is 29.6 Å². The molecule has 0 spiro atoms. The van der Waals surface area contributed by atoms with Gasteiger partial charge in [-0.2, -0.15) is 0 Å². The number of nitrogens with one attached hydrogen (secondary N) is 2. The van der Waals surface area contributed by atoms with Gasteiger partial charge >= 0.3 is 5.97 Å². The lowest BCUT2D eigenvalue weighted by atomic mass is 9.69. The van der Waals surface area contributed by atoms with Gasteiger partial charge in [0.15, 0.2) is 0 Å². The van der Waals surface area contributed by atoms with Gasteiger partial charge in [0, 0.05) is 29.1 Å². The van der Waals surface area contributed by atoms with Crippen molar-refractivity contribution in [3.05, 3.63) is 48.0 Å². The molecule has 3 saturated carbocycles. The highest BCUT2D eigenvalue weighted by atomic mass is 16.5. The zero-order valence-electron chi connectivity index (χ0n) is 23.7. The third kappa shape index (κ3) is 6.80. The first kappa shape index (κ1) is 28.8. The summed E-state index contributed by atoms with van der Waals surface area (Å²) in [6, 6.07) is 12.5. The van der Waals surface area contributed by atoms with Crippen LogP contribution >= 0.6 is 0 Å². The fourth-order valence-electron chi connectivity index (χ4n) is 6.57. The largest absolute Gasteiger partial charge is 0.481 e. The van der Waals surface area contributed by atoms with Crippen molar-refractivity contribution < 1.29 is 29.0 Å². The van der Waals surface area contributed by atoms with Crippen molar-refractivity contribution in [1.82, 2.24) is 0 Å². The zero-order chi connectivity index (χ0) is 28.9. The Labute approximate surface area is 241 Å². The van der Waals surface area contributed by atoms with Crippen LogP contribution in [0.4, 0.5) is 11.4 Å². The van der Waals surface area contributed by atoms with Crippen LogP contribution in [-0.4, -0.2) is 28.7 Å². The second-order valence-electron chi connectivity index (χ2n) is 11.9. The molecule has 4 unspecified atom stereocenters. The van der Waals surface area contributed by atoms with Crippen LogP contribution in [0.3, 0.4) is 0 Å². The highest BCUT2D eigenvalue weighted by molar-refractivity contribution is 5.97. The highest BCUT2D eigenvalue weighted by Crippen LogP contribution is 2.39. The van der Waals surface area contributed by atoms with Crippen molar-refractivity contribution in [3.8, 4) is 11.5 Å². The summed E-state index contributed by atoms with van der Waals surface area (Å²) in [6.07, 6.45) is 9.41. The average molecular weight is 561 g/mol. The van der Waals surface area contributed by atoms with Crippen LogP contribution in [0, 0.1) is 36.5 Å². The lowest BCUT2D eigenvalue weighted by molar-refractivity contribution is -0.147. The van der Waals surface area contributed by atoms with Gasteiger partial charge in [0.1, 0.15) is 17.3 Å². The third-order valence-corrected chi connectivity index (χ3v) is 9.19. The van der Waals surface area contributed by atoms with Gasteiger partial charge in [-0.25, -0.2) is 0 Å². The van der Waals surface area contributed by atoms with Gasteiger partial charge in [0.25, 0.3) is 0 Å². The molecule has 3 aliphatic rings. The highest BCUT2D eigenvalue weighted by Gasteiger charge is 2.40. The Hall–Kier alpha value is -3.68. The van der Waals surface area contributed by atoms with Crippen LogP contribution in [0.25, 0.3) is 0 Å². The van der Waals surface area contributed by atoms with E-state index in [9.17, 15) is 24.3 Å². The summed E-state index contributed by atoms with van der Waals surface area (Å²) in [5.41, 5.74) is 2.12. The van der Waals surface area contributed by atoms with Crippen molar-refractivity contribution in [2.24, 2.45) is 29.6 Å². The Balaban J connectivity index is 1.17. The summed E-state index contributed by atoms with van der Waals surface area (Å²) < 4.78 is 6.06. The summed E-state index contributed by atoms with van der Waals surface area (Å²) in [5.74, 6) is -1.16. The Morgan fingerprint density at radius 2 is 1.22 bits per heavy atom. The molecule has 3 aliphatic carbocycles. The number of carbonyl (C=O) groups is 4. The molecule has 218 valence electrons. The number of carbonyl (C=O) groups excluding carboxylic acids is 3. The number of aliphatic carboxylic acids is 1. The molecule has 0 heterocycles. The van der Waals surface area contributed by atoms with Gasteiger partial charge in [-0.15, -0.1) is 0 Å². The van der Waals surface area contributed by atoms with Crippen LogP contribution in [-0.2, 0) is 19.2 Å². The number of rotatable bonds is 9. The molecule has 0 aromatic heterocycles. The van der Waals surface area contributed by atoms with Crippen molar-refractivity contribution in [3.63, 3.8) is 0 Å². The molecular formula is C33H40N2O6. The summed E-state index contributed by atoms with van der Waals surface area (Å²) in [5, 5.41) is 15.4. The van der Waals surface area contributed by atoms with E-state index in [4.69, 9.17) is 4.74 Å². The summed E-state index contributed by atoms with van der Waals surface area (Å²) in [4.78, 5) is 50.5. The molecule has 0 saturated heterocycles. The van der Waals surface area contributed by atoms with E-state index in [1.165, 1.54) is 0 Å². The molecule has 3 fully saturated rings. The first-order valence-corrected chi connectivity index (χ1v) is 15.1.